The van der Waals surface area contributed by atoms with Gasteiger partial charge in [0.2, 0.25) is 5.91 Å². The average Bonchev–Trinajstić information content (AvgIpc) is 1.99. The zero-order chi connectivity index (χ0) is 7.98. The molecule has 0 radical (unpaired) electrons. The maximum atomic E-state index is 10.5. The van der Waals surface area contributed by atoms with E-state index in [2.05, 4.69) is 5.32 Å². The van der Waals surface area contributed by atoms with Gasteiger partial charge in [0.1, 0.15) is 6.61 Å². The highest BCUT2D eigenvalue weighted by atomic mass is 32.2. The molecule has 60 valence electrons. The zero-order valence-corrected chi connectivity index (χ0v) is 7.07. The van der Waals surface area contributed by atoms with Gasteiger partial charge < -0.3 is 10.4 Å². The first kappa shape index (κ1) is 9.78. The van der Waals surface area contributed by atoms with Crippen LogP contribution in [0.2, 0.25) is 0 Å². The van der Waals surface area contributed by atoms with Gasteiger partial charge in [-0.3, -0.25) is 4.79 Å². The van der Waals surface area contributed by atoms with Gasteiger partial charge in [0.15, 0.2) is 0 Å². The molecule has 0 aromatic carbocycles. The summed E-state index contributed by atoms with van der Waals surface area (Å²) in [5.74, 6) is -0.305. The Bertz CT molecular complexity index is 108. The van der Waals surface area contributed by atoms with Crippen LogP contribution < -0.4 is 5.32 Å². The van der Waals surface area contributed by atoms with Crippen molar-refractivity contribution >= 4 is 17.7 Å². The van der Waals surface area contributed by atoms with Crippen LogP contribution in [0.15, 0.2) is 0 Å². The Balaban J connectivity index is 3.26. The van der Waals surface area contributed by atoms with Gasteiger partial charge in [-0.2, -0.15) is 11.8 Å². The minimum absolute atomic E-state index is 0.305. The molecule has 1 atom stereocenters. The van der Waals surface area contributed by atoms with Crippen molar-refractivity contribution in [3.05, 3.63) is 0 Å². The van der Waals surface area contributed by atoms with Crippen molar-refractivity contribution in [2.75, 3.05) is 19.4 Å². The molecular weight excluding hydrogens is 150 g/mol. The number of aliphatic hydroxyl groups excluding tert-OH is 1. The van der Waals surface area contributed by atoms with Gasteiger partial charge in [-0.1, -0.05) is 6.92 Å². The molecular formula is C6H13NO2S. The van der Waals surface area contributed by atoms with Crippen LogP contribution in [0.5, 0.6) is 0 Å². The number of aliphatic hydroxyl groups is 1. The molecule has 3 nitrogen and oxygen atoms in total. The minimum atomic E-state index is -0.416. The van der Waals surface area contributed by atoms with Crippen LogP contribution in [0.4, 0.5) is 0 Å². The minimum Gasteiger partial charge on any atom is -0.387 e. The Kier molecular flexibility index (Phi) is 5.43. The molecule has 1 amide bonds. The van der Waals surface area contributed by atoms with Crippen LogP contribution >= 0.6 is 11.8 Å². The highest BCUT2D eigenvalue weighted by Crippen LogP contribution is 2.01. The van der Waals surface area contributed by atoms with E-state index in [4.69, 9.17) is 5.11 Å². The second kappa shape index (κ2) is 5.56. The van der Waals surface area contributed by atoms with Crippen LogP contribution in [0.1, 0.15) is 6.92 Å². The predicted molar refractivity (Wildman–Crippen MR) is 43.1 cm³/mol. The van der Waals surface area contributed by atoms with Gasteiger partial charge in [0.05, 0.1) is 0 Å². The summed E-state index contributed by atoms with van der Waals surface area (Å²) in [7, 11) is 0. The van der Waals surface area contributed by atoms with E-state index in [-0.39, 0.29) is 5.91 Å². The molecule has 0 spiro atoms. The molecule has 0 aromatic heterocycles. The van der Waals surface area contributed by atoms with Crippen molar-refractivity contribution in [1.82, 2.24) is 5.32 Å². The van der Waals surface area contributed by atoms with E-state index >= 15 is 0 Å². The number of thioether (sulfide) groups is 1. The number of hydrogen-bond acceptors (Lipinski definition) is 3. The smallest absolute Gasteiger partial charge is 0.245 e. The van der Waals surface area contributed by atoms with Crippen molar-refractivity contribution in [3.63, 3.8) is 0 Å². The molecule has 0 aliphatic rings. The highest BCUT2D eigenvalue weighted by Gasteiger charge is 2.01. The molecule has 4 heteroatoms. The number of carbonyl (C=O) groups is 1. The lowest BCUT2D eigenvalue weighted by atomic mass is 10.4. The predicted octanol–water partition coefficient (Wildman–Crippen LogP) is -0.154. The Morgan fingerprint density at radius 1 is 1.80 bits per heavy atom. The summed E-state index contributed by atoms with van der Waals surface area (Å²) < 4.78 is 0. The largest absolute Gasteiger partial charge is 0.387 e. The van der Waals surface area contributed by atoms with E-state index in [1.54, 1.807) is 11.8 Å². The van der Waals surface area contributed by atoms with Crippen molar-refractivity contribution in [1.29, 1.82) is 0 Å². The molecule has 0 aromatic rings. The Morgan fingerprint density at radius 3 is 2.80 bits per heavy atom. The summed E-state index contributed by atoms with van der Waals surface area (Å²) in [6.45, 7) is 2.23. The molecule has 0 saturated heterocycles. The molecule has 0 fully saturated rings. The lowest BCUT2D eigenvalue weighted by molar-refractivity contribution is -0.123. The van der Waals surface area contributed by atoms with E-state index in [1.807, 2.05) is 13.2 Å². The first-order valence-corrected chi connectivity index (χ1v) is 4.39. The van der Waals surface area contributed by atoms with Gasteiger partial charge in [-0.05, 0) is 6.26 Å². The average molecular weight is 163 g/mol. The summed E-state index contributed by atoms with van der Waals surface area (Å²) in [5, 5.41) is 11.3. The summed E-state index contributed by atoms with van der Waals surface area (Å²) in [4.78, 5) is 10.5. The fourth-order valence-corrected chi connectivity index (χ4v) is 0.647. The van der Waals surface area contributed by atoms with Gasteiger partial charge in [-0.25, -0.2) is 0 Å². The van der Waals surface area contributed by atoms with Gasteiger partial charge in [0.25, 0.3) is 0 Å². The normalized spacial score (nSPS) is 12.7. The fraction of sp³-hybridized carbons (Fsp3) is 0.833. The maximum Gasteiger partial charge on any atom is 0.245 e. The van der Waals surface area contributed by atoms with Crippen LogP contribution in [0, 0.1) is 0 Å². The SMILES string of the molecule is CSC(C)CNC(=O)CO. The monoisotopic (exact) mass is 163 g/mol. The second-order valence-corrected chi connectivity index (χ2v) is 3.28. The van der Waals surface area contributed by atoms with Gasteiger partial charge in [-0.15, -0.1) is 0 Å². The number of nitrogens with one attached hydrogen (secondary N) is 1. The van der Waals surface area contributed by atoms with Crippen molar-refractivity contribution in [2.24, 2.45) is 0 Å². The number of carbonyl (C=O) groups excluding carboxylic acids is 1. The quantitative estimate of drug-likeness (QED) is 0.606. The third-order valence-corrected chi connectivity index (χ3v) is 2.10. The Hall–Kier alpha value is -0.220. The molecule has 10 heavy (non-hydrogen) atoms. The molecule has 0 aliphatic heterocycles. The zero-order valence-electron chi connectivity index (χ0n) is 6.26. The first-order chi connectivity index (χ1) is 4.70. The molecule has 0 aliphatic carbocycles. The van der Waals surface area contributed by atoms with E-state index in [1.165, 1.54) is 0 Å². The van der Waals surface area contributed by atoms with Crippen molar-refractivity contribution in [3.8, 4) is 0 Å². The van der Waals surface area contributed by atoms with Crippen LogP contribution in [0.3, 0.4) is 0 Å². The molecule has 1 unspecified atom stereocenters. The summed E-state index contributed by atoms with van der Waals surface area (Å²) in [6, 6.07) is 0. The molecule has 0 saturated carbocycles. The second-order valence-electron chi connectivity index (χ2n) is 2.01. The summed E-state index contributed by atoms with van der Waals surface area (Å²) in [6.07, 6.45) is 1.98. The summed E-state index contributed by atoms with van der Waals surface area (Å²) >= 11 is 1.68. The third kappa shape index (κ3) is 4.64. The van der Waals surface area contributed by atoms with Crippen LogP contribution in [-0.2, 0) is 4.79 Å². The lowest BCUT2D eigenvalue weighted by Gasteiger charge is -2.07. The van der Waals surface area contributed by atoms with Crippen LogP contribution in [-0.4, -0.2) is 35.7 Å². The standard InChI is InChI=1S/C6H13NO2S/c1-5(10-2)3-7-6(9)4-8/h5,8H,3-4H2,1-2H3,(H,7,9). The van der Waals surface area contributed by atoms with E-state index in [0.29, 0.717) is 11.8 Å². The molecule has 0 heterocycles. The topological polar surface area (TPSA) is 49.3 Å². The van der Waals surface area contributed by atoms with Gasteiger partial charge in [0, 0.05) is 11.8 Å². The molecule has 0 rings (SSSR count). The van der Waals surface area contributed by atoms with E-state index < -0.39 is 6.61 Å². The van der Waals surface area contributed by atoms with Crippen molar-refractivity contribution in [2.45, 2.75) is 12.2 Å². The highest BCUT2D eigenvalue weighted by molar-refractivity contribution is 7.99. The number of rotatable bonds is 4. The lowest BCUT2D eigenvalue weighted by Crippen LogP contribution is -2.31. The molecule has 0 bridgehead atoms. The first-order valence-electron chi connectivity index (χ1n) is 3.11. The van der Waals surface area contributed by atoms with E-state index in [9.17, 15) is 4.79 Å². The third-order valence-electron chi connectivity index (χ3n) is 1.13. The van der Waals surface area contributed by atoms with E-state index in [0.717, 1.165) is 0 Å². The number of hydrogen-bond donors (Lipinski definition) is 2. The molecule has 2 N–H and O–H groups in total. The fourth-order valence-electron chi connectivity index (χ4n) is 0.397. The Labute approximate surface area is 65.2 Å². The van der Waals surface area contributed by atoms with Gasteiger partial charge >= 0.3 is 0 Å². The maximum absolute atomic E-state index is 10.5. The van der Waals surface area contributed by atoms with Crippen molar-refractivity contribution < 1.29 is 9.90 Å². The number of amides is 1. The Morgan fingerprint density at radius 2 is 2.40 bits per heavy atom. The summed E-state index contributed by atoms with van der Waals surface area (Å²) in [5.41, 5.74) is 0. The van der Waals surface area contributed by atoms with Crippen LogP contribution in [0.25, 0.3) is 0 Å².